The predicted molar refractivity (Wildman–Crippen MR) is 119 cm³/mol. The van der Waals surface area contributed by atoms with Crippen LogP contribution in [0, 0.1) is 41.5 Å². The SMILES string of the molecule is C.C.C.C.Cc1cc[nH]c1C.Cc1ccoc1C.Cc1ccsc1C. The van der Waals surface area contributed by atoms with Crippen LogP contribution < -0.4 is 0 Å². The number of furan rings is 1. The Balaban J connectivity index is -0.000000122. The smallest absolute Gasteiger partial charge is 0.103 e. The highest BCUT2D eigenvalue weighted by Gasteiger charge is 1.89. The Morgan fingerprint density at radius 3 is 1.48 bits per heavy atom. The Bertz CT molecular complexity index is 506. The molecule has 0 unspecified atom stereocenters. The van der Waals surface area contributed by atoms with Gasteiger partial charge in [-0.25, -0.2) is 0 Å². The summed E-state index contributed by atoms with van der Waals surface area (Å²) in [5.74, 6) is 1.01. The molecule has 0 saturated carbocycles. The van der Waals surface area contributed by atoms with E-state index in [0.29, 0.717) is 0 Å². The Labute approximate surface area is 161 Å². The standard InChI is InChI=1S/C6H9N.C6H8O.C6H8S.4CH4/c3*1-5-3-4-7-6(5)2;;;;/h3-4,7H,1-2H3;2*3-4H,1-2H3;4*1H4. The summed E-state index contributed by atoms with van der Waals surface area (Å²) in [6.45, 7) is 12.4. The summed E-state index contributed by atoms with van der Waals surface area (Å²) in [6, 6.07) is 6.16. The van der Waals surface area contributed by atoms with Gasteiger partial charge in [0.2, 0.25) is 0 Å². The molecular weight excluding hydrogens is 326 g/mol. The third-order valence-electron chi connectivity index (χ3n) is 3.46. The molecule has 2 nitrogen and oxygen atoms in total. The van der Waals surface area contributed by atoms with Crippen molar-refractivity contribution in [1.82, 2.24) is 4.98 Å². The number of thiophene rings is 1. The second-order valence-electron chi connectivity index (χ2n) is 5.11. The van der Waals surface area contributed by atoms with Gasteiger partial charge in [-0.2, -0.15) is 0 Å². The van der Waals surface area contributed by atoms with Crippen molar-refractivity contribution in [3.63, 3.8) is 0 Å². The molecule has 0 spiro atoms. The molecule has 0 amide bonds. The van der Waals surface area contributed by atoms with E-state index in [9.17, 15) is 0 Å². The van der Waals surface area contributed by atoms with Gasteiger partial charge in [-0.05, 0) is 81.8 Å². The molecule has 0 bridgehead atoms. The van der Waals surface area contributed by atoms with Crippen LogP contribution in [0.2, 0.25) is 0 Å². The Morgan fingerprint density at radius 1 is 0.760 bits per heavy atom. The summed E-state index contributed by atoms with van der Waals surface area (Å²) in [6.07, 6.45) is 3.65. The van der Waals surface area contributed by atoms with Crippen molar-refractivity contribution in [2.75, 3.05) is 0 Å². The molecule has 1 N–H and O–H groups in total. The second kappa shape index (κ2) is 15.8. The number of H-pyrrole nitrogens is 1. The van der Waals surface area contributed by atoms with Crippen LogP contribution in [0.25, 0.3) is 0 Å². The van der Waals surface area contributed by atoms with Gasteiger partial charge in [0.25, 0.3) is 0 Å². The molecule has 0 aliphatic carbocycles. The van der Waals surface area contributed by atoms with Gasteiger partial charge in [0.1, 0.15) is 5.76 Å². The zero-order valence-electron chi connectivity index (χ0n) is 13.8. The van der Waals surface area contributed by atoms with Gasteiger partial charge in [0.05, 0.1) is 6.26 Å². The monoisotopic (exact) mass is 367 g/mol. The normalized spacial score (nSPS) is 7.92. The number of nitrogens with one attached hydrogen (secondary N) is 1. The van der Waals surface area contributed by atoms with Crippen molar-refractivity contribution in [2.45, 2.75) is 71.2 Å². The maximum atomic E-state index is 4.96. The van der Waals surface area contributed by atoms with Gasteiger partial charge in [-0.1, -0.05) is 29.7 Å². The van der Waals surface area contributed by atoms with Crippen LogP contribution in [0.3, 0.4) is 0 Å². The first-order chi connectivity index (χ1) is 9.91. The highest BCUT2D eigenvalue weighted by Crippen LogP contribution is 2.12. The molecule has 3 rings (SSSR count). The topological polar surface area (TPSA) is 28.9 Å². The van der Waals surface area contributed by atoms with Gasteiger partial charge in [0, 0.05) is 16.8 Å². The van der Waals surface area contributed by atoms with Crippen LogP contribution in [0.5, 0.6) is 0 Å². The molecule has 0 fully saturated rings. The van der Waals surface area contributed by atoms with E-state index in [1.165, 1.54) is 27.3 Å². The van der Waals surface area contributed by atoms with Gasteiger partial charge >= 0.3 is 0 Å². The third kappa shape index (κ3) is 11.4. The summed E-state index contributed by atoms with van der Waals surface area (Å²) in [4.78, 5) is 4.50. The van der Waals surface area contributed by atoms with E-state index in [0.717, 1.165) is 5.76 Å². The molecule has 3 heterocycles. The van der Waals surface area contributed by atoms with Crippen LogP contribution in [-0.2, 0) is 0 Å². The molecule has 3 aromatic rings. The first-order valence-corrected chi connectivity index (χ1v) is 7.91. The summed E-state index contributed by atoms with van der Waals surface area (Å²) in [5, 5.41) is 2.12. The van der Waals surface area contributed by atoms with Crippen LogP contribution in [0.4, 0.5) is 0 Å². The van der Waals surface area contributed by atoms with E-state index in [4.69, 9.17) is 4.42 Å². The second-order valence-corrected chi connectivity index (χ2v) is 6.23. The summed E-state index contributed by atoms with van der Waals surface area (Å²) in [5.41, 5.74) is 5.23. The van der Waals surface area contributed by atoms with E-state index in [-0.39, 0.29) is 29.7 Å². The highest BCUT2D eigenvalue weighted by molar-refractivity contribution is 7.10. The number of hydrogen-bond acceptors (Lipinski definition) is 2. The fourth-order valence-corrected chi connectivity index (χ4v) is 2.16. The van der Waals surface area contributed by atoms with Crippen LogP contribution in [0.15, 0.2) is 40.5 Å². The number of hydrogen-bond donors (Lipinski definition) is 1. The average molecular weight is 368 g/mol. The third-order valence-corrected chi connectivity index (χ3v) is 4.41. The molecule has 3 heteroatoms. The predicted octanol–water partition coefficient (Wildman–Crippen LogP) is 8.44. The molecule has 0 aromatic carbocycles. The maximum Gasteiger partial charge on any atom is 0.103 e. The Hall–Kier alpha value is -1.74. The zero-order chi connectivity index (χ0) is 15.8. The quantitative estimate of drug-likeness (QED) is 0.424. The highest BCUT2D eigenvalue weighted by atomic mass is 32.1. The van der Waals surface area contributed by atoms with Gasteiger partial charge in [-0.3, -0.25) is 0 Å². The van der Waals surface area contributed by atoms with E-state index in [1.54, 1.807) is 17.6 Å². The Morgan fingerprint density at radius 2 is 1.36 bits per heavy atom. The van der Waals surface area contributed by atoms with Gasteiger partial charge in [0.15, 0.2) is 0 Å². The van der Waals surface area contributed by atoms with Crippen LogP contribution in [-0.4, -0.2) is 4.98 Å². The minimum Gasteiger partial charge on any atom is -0.469 e. The largest absolute Gasteiger partial charge is 0.469 e. The average Bonchev–Trinajstić information content (AvgIpc) is 3.11. The fourth-order valence-electron chi connectivity index (χ4n) is 1.43. The van der Waals surface area contributed by atoms with Gasteiger partial charge in [-0.15, -0.1) is 11.3 Å². The Kier molecular flexibility index (Phi) is 19.6. The molecule has 0 saturated heterocycles. The number of aromatic nitrogens is 1. The lowest BCUT2D eigenvalue weighted by Crippen LogP contribution is -1.69. The molecule has 146 valence electrons. The molecule has 25 heavy (non-hydrogen) atoms. The van der Waals surface area contributed by atoms with Crippen LogP contribution in [0.1, 0.15) is 62.7 Å². The lowest BCUT2D eigenvalue weighted by molar-refractivity contribution is 0.532. The van der Waals surface area contributed by atoms with Crippen LogP contribution >= 0.6 is 11.3 Å². The minimum atomic E-state index is 0. The molecule has 0 atom stereocenters. The molecule has 3 aromatic heterocycles. The first kappa shape index (κ1) is 31.1. The number of aryl methyl sites for hydroxylation is 6. The molecule has 0 aliphatic rings. The summed E-state index contributed by atoms with van der Waals surface area (Å²) in [7, 11) is 0. The van der Waals surface area contributed by atoms with Crippen molar-refractivity contribution < 1.29 is 4.42 Å². The van der Waals surface area contributed by atoms with Gasteiger partial charge < -0.3 is 9.40 Å². The van der Waals surface area contributed by atoms with Crippen molar-refractivity contribution in [3.8, 4) is 0 Å². The van der Waals surface area contributed by atoms with Crippen molar-refractivity contribution in [1.29, 1.82) is 0 Å². The van der Waals surface area contributed by atoms with E-state index in [2.05, 4.69) is 50.2 Å². The minimum absolute atomic E-state index is 0. The number of rotatable bonds is 0. The molecule has 0 radical (unpaired) electrons. The zero-order valence-corrected chi connectivity index (χ0v) is 14.6. The summed E-state index contributed by atoms with van der Waals surface area (Å²) < 4.78 is 4.96. The summed E-state index contributed by atoms with van der Waals surface area (Å²) >= 11 is 1.80. The van der Waals surface area contributed by atoms with E-state index >= 15 is 0 Å². The lowest BCUT2D eigenvalue weighted by Gasteiger charge is -1.81. The first-order valence-electron chi connectivity index (χ1n) is 7.03. The van der Waals surface area contributed by atoms with E-state index < -0.39 is 0 Å². The molecular formula is C22H41NOS. The van der Waals surface area contributed by atoms with Crippen molar-refractivity contribution in [3.05, 3.63) is 69.1 Å². The van der Waals surface area contributed by atoms with E-state index in [1.807, 2.05) is 26.1 Å². The van der Waals surface area contributed by atoms with Crippen molar-refractivity contribution in [2.24, 2.45) is 0 Å². The number of aromatic amines is 1. The lowest BCUT2D eigenvalue weighted by atomic mass is 10.3. The molecule has 0 aliphatic heterocycles. The fraction of sp³-hybridized carbons (Fsp3) is 0.455. The maximum absolute atomic E-state index is 4.96. The van der Waals surface area contributed by atoms with Crippen molar-refractivity contribution >= 4 is 11.3 Å².